The number of esters is 1. The average Bonchev–Trinajstić information content (AvgIpc) is 2.79. The average molecular weight is 404 g/mol. The fraction of sp³-hybridized carbons (Fsp3) is 0.481. The smallest absolute Gasteiger partial charge is 0.343 e. The zero-order valence-electron chi connectivity index (χ0n) is 18.1. The van der Waals surface area contributed by atoms with Crippen molar-refractivity contribution in [3.05, 3.63) is 65.2 Å². The van der Waals surface area contributed by atoms with Gasteiger partial charge in [-0.15, -0.1) is 0 Å². The Morgan fingerprint density at radius 2 is 1.57 bits per heavy atom. The van der Waals surface area contributed by atoms with Crippen molar-refractivity contribution in [2.24, 2.45) is 11.8 Å². The summed E-state index contributed by atoms with van der Waals surface area (Å²) in [5, 5.41) is 8.83. The summed E-state index contributed by atoms with van der Waals surface area (Å²) in [6.07, 6.45) is 13.5. The van der Waals surface area contributed by atoms with Crippen LogP contribution < -0.4 is 4.74 Å². The van der Waals surface area contributed by atoms with Gasteiger partial charge in [-0.2, -0.15) is 5.26 Å². The van der Waals surface area contributed by atoms with E-state index >= 15 is 0 Å². The Bertz CT molecular complexity index is 825. The molecule has 1 aliphatic carbocycles. The van der Waals surface area contributed by atoms with Crippen LogP contribution in [0.5, 0.6) is 5.75 Å². The lowest BCUT2D eigenvalue weighted by molar-refractivity contribution is 0.0734. The van der Waals surface area contributed by atoms with E-state index in [9.17, 15) is 4.79 Å². The van der Waals surface area contributed by atoms with Crippen molar-refractivity contribution in [1.82, 2.24) is 0 Å². The molecule has 1 fully saturated rings. The summed E-state index contributed by atoms with van der Waals surface area (Å²) in [4.78, 5) is 12.3. The Morgan fingerprint density at radius 1 is 0.933 bits per heavy atom. The molecule has 1 aliphatic rings. The number of nitrogens with zero attached hydrogens (tertiary/aromatic N) is 1. The highest BCUT2D eigenvalue weighted by atomic mass is 16.5. The number of carbonyl (C=O) groups is 1. The van der Waals surface area contributed by atoms with Gasteiger partial charge in [0, 0.05) is 0 Å². The highest BCUT2D eigenvalue weighted by Crippen LogP contribution is 2.34. The molecule has 3 rings (SSSR count). The van der Waals surface area contributed by atoms with Crippen LogP contribution in [0.4, 0.5) is 0 Å². The number of benzene rings is 2. The zero-order valence-corrected chi connectivity index (χ0v) is 18.1. The second-order valence-electron chi connectivity index (χ2n) is 8.64. The van der Waals surface area contributed by atoms with Crippen LogP contribution in [-0.4, -0.2) is 5.97 Å². The maximum atomic E-state index is 12.3. The predicted molar refractivity (Wildman–Crippen MR) is 120 cm³/mol. The molecular weight excluding hydrogens is 370 g/mol. The SMILES string of the molecule is CCCCC[C@H]1CC[C@H](CCc2ccc(C(=O)Oc3ccc(C#N)cc3)cc2)CC1. The van der Waals surface area contributed by atoms with Crippen molar-refractivity contribution in [3.63, 3.8) is 0 Å². The maximum absolute atomic E-state index is 12.3. The van der Waals surface area contributed by atoms with Crippen molar-refractivity contribution in [2.75, 3.05) is 0 Å². The van der Waals surface area contributed by atoms with Gasteiger partial charge in [0.1, 0.15) is 5.75 Å². The molecule has 2 aromatic carbocycles. The summed E-state index contributed by atoms with van der Waals surface area (Å²) in [6, 6.07) is 16.4. The third kappa shape index (κ3) is 6.73. The quantitative estimate of drug-likeness (QED) is 0.255. The monoisotopic (exact) mass is 403 g/mol. The largest absolute Gasteiger partial charge is 0.423 e. The van der Waals surface area contributed by atoms with Gasteiger partial charge in [-0.1, -0.05) is 70.4 Å². The number of carbonyl (C=O) groups excluding carboxylic acids is 1. The molecule has 0 atom stereocenters. The number of rotatable bonds is 9. The Balaban J connectivity index is 1.41. The van der Waals surface area contributed by atoms with Gasteiger partial charge < -0.3 is 4.74 Å². The third-order valence-electron chi connectivity index (χ3n) is 6.41. The molecule has 0 unspecified atom stereocenters. The Morgan fingerprint density at radius 3 is 2.17 bits per heavy atom. The van der Waals surface area contributed by atoms with E-state index in [1.807, 2.05) is 24.3 Å². The fourth-order valence-electron chi connectivity index (χ4n) is 4.43. The number of nitriles is 1. The molecule has 0 aromatic heterocycles. The van der Waals surface area contributed by atoms with E-state index in [1.165, 1.54) is 63.4 Å². The van der Waals surface area contributed by atoms with Crippen LogP contribution in [0.3, 0.4) is 0 Å². The molecule has 0 saturated heterocycles. The van der Waals surface area contributed by atoms with Crippen LogP contribution in [-0.2, 0) is 6.42 Å². The van der Waals surface area contributed by atoms with Gasteiger partial charge in [0.15, 0.2) is 0 Å². The van der Waals surface area contributed by atoms with Gasteiger partial charge in [-0.05, 0) is 66.6 Å². The lowest BCUT2D eigenvalue weighted by Crippen LogP contribution is -2.15. The van der Waals surface area contributed by atoms with E-state index < -0.39 is 0 Å². The van der Waals surface area contributed by atoms with Gasteiger partial charge in [0.25, 0.3) is 0 Å². The minimum Gasteiger partial charge on any atom is -0.423 e. The van der Waals surface area contributed by atoms with Crippen molar-refractivity contribution < 1.29 is 9.53 Å². The molecular formula is C27H33NO2. The number of unbranched alkanes of at least 4 members (excludes halogenated alkanes) is 2. The van der Waals surface area contributed by atoms with E-state index in [2.05, 4.69) is 13.0 Å². The van der Waals surface area contributed by atoms with E-state index in [4.69, 9.17) is 10.00 Å². The molecule has 3 nitrogen and oxygen atoms in total. The molecule has 158 valence electrons. The van der Waals surface area contributed by atoms with Crippen molar-refractivity contribution in [1.29, 1.82) is 5.26 Å². The van der Waals surface area contributed by atoms with Gasteiger partial charge in [0.05, 0.1) is 17.2 Å². The Labute approximate surface area is 181 Å². The van der Waals surface area contributed by atoms with Gasteiger partial charge in [0.2, 0.25) is 0 Å². The number of ether oxygens (including phenoxy) is 1. The molecule has 0 amide bonds. The summed E-state index contributed by atoms with van der Waals surface area (Å²) in [6.45, 7) is 2.28. The standard InChI is InChI=1S/C27H33NO2/c1-2-3-4-5-21-6-8-22(9-7-21)10-11-23-12-16-25(17-13-23)27(29)30-26-18-14-24(20-28)15-19-26/h12-19,21-22H,2-11H2,1H3/t21-,22-. The molecule has 0 bridgehead atoms. The maximum Gasteiger partial charge on any atom is 0.343 e. The number of aryl methyl sites for hydroxylation is 1. The van der Waals surface area contributed by atoms with Crippen molar-refractivity contribution in [3.8, 4) is 11.8 Å². The minimum atomic E-state index is -0.368. The van der Waals surface area contributed by atoms with Gasteiger partial charge in [-0.25, -0.2) is 4.79 Å². The molecule has 30 heavy (non-hydrogen) atoms. The predicted octanol–water partition coefficient (Wildman–Crippen LogP) is 7.10. The molecule has 0 radical (unpaired) electrons. The normalized spacial score (nSPS) is 18.5. The second kappa shape index (κ2) is 11.6. The van der Waals surface area contributed by atoms with Crippen LogP contribution >= 0.6 is 0 Å². The topological polar surface area (TPSA) is 50.1 Å². The molecule has 1 saturated carbocycles. The number of hydrogen-bond donors (Lipinski definition) is 0. The van der Waals surface area contributed by atoms with Crippen LogP contribution in [0.1, 0.15) is 86.2 Å². The molecule has 0 N–H and O–H groups in total. The Hall–Kier alpha value is -2.60. The highest BCUT2D eigenvalue weighted by Gasteiger charge is 2.20. The van der Waals surface area contributed by atoms with E-state index in [1.54, 1.807) is 24.3 Å². The van der Waals surface area contributed by atoms with Crippen LogP contribution in [0.2, 0.25) is 0 Å². The minimum absolute atomic E-state index is 0.368. The van der Waals surface area contributed by atoms with Crippen LogP contribution in [0, 0.1) is 23.2 Å². The van der Waals surface area contributed by atoms with E-state index in [0.29, 0.717) is 16.9 Å². The van der Waals surface area contributed by atoms with Crippen molar-refractivity contribution >= 4 is 5.97 Å². The third-order valence-corrected chi connectivity index (χ3v) is 6.41. The van der Waals surface area contributed by atoms with Gasteiger partial charge in [-0.3, -0.25) is 0 Å². The highest BCUT2D eigenvalue weighted by molar-refractivity contribution is 5.91. The first kappa shape index (κ1) is 22.1. The molecule has 0 heterocycles. The van der Waals surface area contributed by atoms with Crippen LogP contribution in [0.15, 0.2) is 48.5 Å². The lowest BCUT2D eigenvalue weighted by atomic mass is 9.78. The molecule has 0 spiro atoms. The van der Waals surface area contributed by atoms with Gasteiger partial charge >= 0.3 is 5.97 Å². The molecule has 2 aromatic rings. The molecule has 0 aliphatic heterocycles. The Kier molecular flexibility index (Phi) is 8.51. The summed E-state index contributed by atoms with van der Waals surface area (Å²) in [5.41, 5.74) is 2.38. The summed E-state index contributed by atoms with van der Waals surface area (Å²) >= 11 is 0. The first-order valence-corrected chi connectivity index (χ1v) is 11.5. The summed E-state index contributed by atoms with van der Waals surface area (Å²) < 4.78 is 5.39. The molecule has 3 heteroatoms. The second-order valence-corrected chi connectivity index (χ2v) is 8.64. The lowest BCUT2D eigenvalue weighted by Gasteiger charge is -2.28. The van der Waals surface area contributed by atoms with Crippen molar-refractivity contribution in [2.45, 2.75) is 71.1 Å². The fourth-order valence-corrected chi connectivity index (χ4v) is 4.43. The zero-order chi connectivity index (χ0) is 21.2. The number of hydrogen-bond acceptors (Lipinski definition) is 3. The first-order valence-electron chi connectivity index (χ1n) is 11.5. The first-order chi connectivity index (χ1) is 14.7. The van der Waals surface area contributed by atoms with Crippen LogP contribution in [0.25, 0.3) is 0 Å². The van der Waals surface area contributed by atoms with E-state index in [0.717, 1.165) is 18.3 Å². The summed E-state index contributed by atoms with van der Waals surface area (Å²) in [5.74, 6) is 1.91. The van der Waals surface area contributed by atoms with E-state index in [-0.39, 0.29) is 5.97 Å². The summed E-state index contributed by atoms with van der Waals surface area (Å²) in [7, 11) is 0.